The third-order valence-corrected chi connectivity index (χ3v) is 3.03. The number of methoxy groups -OCH3 is 1. The number of anilines is 2. The van der Waals surface area contributed by atoms with Crippen molar-refractivity contribution in [3.8, 4) is 0 Å². The van der Waals surface area contributed by atoms with Crippen LogP contribution in [0.25, 0.3) is 0 Å². The molecular weight excluding hydrogens is 238 g/mol. The summed E-state index contributed by atoms with van der Waals surface area (Å²) in [6.45, 7) is 3.78. The van der Waals surface area contributed by atoms with Crippen molar-refractivity contribution in [1.29, 1.82) is 0 Å². The Hall–Kier alpha value is -1.81. The first-order valence-corrected chi connectivity index (χ1v) is 6.70. The van der Waals surface area contributed by atoms with E-state index in [2.05, 4.69) is 27.9 Å². The second kappa shape index (κ2) is 6.95. The molecule has 0 unspecified atom stereocenters. The normalized spacial score (nSPS) is 10.6. The Kier molecular flexibility index (Phi) is 4.98. The van der Waals surface area contributed by atoms with Gasteiger partial charge in [-0.05, 0) is 12.5 Å². The topological polar surface area (TPSA) is 39.1 Å². The van der Waals surface area contributed by atoms with Gasteiger partial charge in [-0.15, -0.1) is 0 Å². The van der Waals surface area contributed by atoms with Crippen molar-refractivity contribution in [1.82, 2.24) is 9.55 Å². The smallest absolute Gasteiger partial charge is 0.207 e. The minimum absolute atomic E-state index is 0.596. The number of hydrogen-bond donors (Lipinski definition) is 1. The van der Waals surface area contributed by atoms with Crippen LogP contribution in [0.1, 0.15) is 25.3 Å². The number of hydrogen-bond acceptors (Lipinski definition) is 3. The Balaban J connectivity index is 2.14. The molecule has 4 heteroatoms. The number of unbranched alkanes of at least 4 members (excludes halogenated alkanes) is 1. The summed E-state index contributed by atoms with van der Waals surface area (Å²) in [7, 11) is 1.71. The third-order valence-electron chi connectivity index (χ3n) is 3.03. The van der Waals surface area contributed by atoms with E-state index in [0.717, 1.165) is 30.2 Å². The highest BCUT2D eigenvalue weighted by atomic mass is 16.5. The summed E-state index contributed by atoms with van der Waals surface area (Å²) in [6, 6.07) is 8.14. The molecule has 1 heterocycles. The van der Waals surface area contributed by atoms with Crippen LogP contribution in [0.15, 0.2) is 36.7 Å². The van der Waals surface area contributed by atoms with Crippen LogP contribution in [-0.4, -0.2) is 16.7 Å². The van der Waals surface area contributed by atoms with Crippen LogP contribution in [0.4, 0.5) is 11.6 Å². The lowest BCUT2D eigenvalue weighted by molar-refractivity contribution is 0.185. The molecule has 0 fully saturated rings. The summed E-state index contributed by atoms with van der Waals surface area (Å²) in [6.07, 6.45) is 6.18. The number of aryl methyl sites for hydroxylation is 1. The Morgan fingerprint density at radius 1 is 1.32 bits per heavy atom. The number of rotatable bonds is 7. The monoisotopic (exact) mass is 259 g/mol. The van der Waals surface area contributed by atoms with Gasteiger partial charge < -0.3 is 14.6 Å². The fraction of sp³-hybridized carbons (Fsp3) is 0.400. The average Bonchev–Trinajstić information content (AvgIpc) is 2.86. The molecule has 1 aromatic heterocycles. The van der Waals surface area contributed by atoms with Gasteiger partial charge in [-0.25, -0.2) is 4.98 Å². The van der Waals surface area contributed by atoms with Gasteiger partial charge in [-0.3, -0.25) is 0 Å². The number of imidazole rings is 1. The van der Waals surface area contributed by atoms with Crippen molar-refractivity contribution in [2.24, 2.45) is 0 Å². The minimum atomic E-state index is 0.596. The molecule has 0 bridgehead atoms. The highest BCUT2D eigenvalue weighted by molar-refractivity contribution is 5.58. The van der Waals surface area contributed by atoms with E-state index in [1.54, 1.807) is 7.11 Å². The fourth-order valence-electron chi connectivity index (χ4n) is 1.99. The number of para-hydroxylation sites is 1. The summed E-state index contributed by atoms with van der Waals surface area (Å²) < 4.78 is 7.36. The summed E-state index contributed by atoms with van der Waals surface area (Å²) in [5.41, 5.74) is 2.18. The Labute approximate surface area is 114 Å². The van der Waals surface area contributed by atoms with Crippen LogP contribution >= 0.6 is 0 Å². The highest BCUT2D eigenvalue weighted by Gasteiger charge is 2.06. The minimum Gasteiger partial charge on any atom is -0.380 e. The van der Waals surface area contributed by atoms with Crippen molar-refractivity contribution in [2.75, 3.05) is 12.4 Å². The van der Waals surface area contributed by atoms with Gasteiger partial charge in [0.1, 0.15) is 0 Å². The zero-order valence-electron chi connectivity index (χ0n) is 11.6. The third kappa shape index (κ3) is 3.58. The van der Waals surface area contributed by atoms with Crippen LogP contribution in [-0.2, 0) is 17.9 Å². The lowest BCUT2D eigenvalue weighted by Gasteiger charge is -2.12. The lowest BCUT2D eigenvalue weighted by Crippen LogP contribution is -2.05. The summed E-state index contributed by atoms with van der Waals surface area (Å²) in [5.74, 6) is 0.886. The van der Waals surface area contributed by atoms with Crippen LogP contribution in [0.3, 0.4) is 0 Å². The number of nitrogens with one attached hydrogen (secondary N) is 1. The predicted octanol–water partition coefficient (Wildman–Crippen LogP) is 3.57. The average molecular weight is 259 g/mol. The van der Waals surface area contributed by atoms with E-state index >= 15 is 0 Å². The van der Waals surface area contributed by atoms with Gasteiger partial charge in [0.25, 0.3) is 0 Å². The van der Waals surface area contributed by atoms with Gasteiger partial charge in [-0.2, -0.15) is 0 Å². The number of ether oxygens (including phenoxy) is 1. The molecule has 0 amide bonds. The number of aromatic nitrogens is 2. The standard InChI is InChI=1S/C15H21N3O/c1-3-4-10-18-11-9-16-15(18)17-14-8-6-5-7-13(14)12-19-2/h5-9,11H,3-4,10,12H2,1-2H3,(H,16,17). The van der Waals surface area contributed by atoms with Crippen LogP contribution in [0.5, 0.6) is 0 Å². The molecular formula is C15H21N3O. The first-order valence-electron chi connectivity index (χ1n) is 6.70. The van der Waals surface area contributed by atoms with Gasteiger partial charge in [0.05, 0.1) is 6.61 Å². The maximum atomic E-state index is 5.22. The molecule has 19 heavy (non-hydrogen) atoms. The first-order chi connectivity index (χ1) is 9.35. The van der Waals surface area contributed by atoms with Crippen LogP contribution in [0.2, 0.25) is 0 Å². The van der Waals surface area contributed by atoms with Crippen molar-refractivity contribution in [3.05, 3.63) is 42.2 Å². The molecule has 0 aliphatic carbocycles. The van der Waals surface area contributed by atoms with E-state index in [4.69, 9.17) is 4.74 Å². The SMILES string of the molecule is CCCCn1ccnc1Nc1ccccc1COC. The molecule has 1 N–H and O–H groups in total. The number of nitrogens with zero attached hydrogens (tertiary/aromatic N) is 2. The van der Waals surface area contributed by atoms with E-state index in [-0.39, 0.29) is 0 Å². The van der Waals surface area contributed by atoms with E-state index in [1.807, 2.05) is 30.6 Å². The van der Waals surface area contributed by atoms with Gasteiger partial charge in [0, 0.05) is 37.3 Å². The Bertz CT molecular complexity index is 508. The van der Waals surface area contributed by atoms with E-state index in [0.29, 0.717) is 6.61 Å². The molecule has 0 radical (unpaired) electrons. The lowest BCUT2D eigenvalue weighted by atomic mass is 10.2. The largest absolute Gasteiger partial charge is 0.380 e. The molecule has 4 nitrogen and oxygen atoms in total. The van der Waals surface area contributed by atoms with Crippen molar-refractivity contribution in [2.45, 2.75) is 32.9 Å². The zero-order valence-corrected chi connectivity index (χ0v) is 11.6. The Morgan fingerprint density at radius 2 is 2.16 bits per heavy atom. The van der Waals surface area contributed by atoms with E-state index < -0.39 is 0 Å². The molecule has 2 rings (SSSR count). The van der Waals surface area contributed by atoms with Crippen molar-refractivity contribution >= 4 is 11.6 Å². The second-order valence-electron chi connectivity index (χ2n) is 4.51. The maximum Gasteiger partial charge on any atom is 0.207 e. The maximum absolute atomic E-state index is 5.22. The van der Waals surface area contributed by atoms with E-state index in [1.165, 1.54) is 6.42 Å². The zero-order chi connectivity index (χ0) is 13.5. The van der Waals surface area contributed by atoms with Crippen molar-refractivity contribution in [3.63, 3.8) is 0 Å². The summed E-state index contributed by atoms with van der Waals surface area (Å²) in [5, 5.41) is 3.39. The molecule has 1 aromatic carbocycles. The van der Waals surface area contributed by atoms with Crippen molar-refractivity contribution < 1.29 is 4.74 Å². The summed E-state index contributed by atoms with van der Waals surface area (Å²) in [4.78, 5) is 4.38. The molecule has 0 spiro atoms. The quantitative estimate of drug-likeness (QED) is 0.826. The van der Waals surface area contributed by atoms with Crippen LogP contribution < -0.4 is 5.32 Å². The molecule has 0 atom stereocenters. The van der Waals surface area contributed by atoms with Gasteiger partial charge >= 0.3 is 0 Å². The highest BCUT2D eigenvalue weighted by Crippen LogP contribution is 2.20. The van der Waals surface area contributed by atoms with Gasteiger partial charge in [0.15, 0.2) is 0 Å². The molecule has 0 aliphatic rings. The van der Waals surface area contributed by atoms with E-state index in [9.17, 15) is 0 Å². The van der Waals surface area contributed by atoms with Gasteiger partial charge in [-0.1, -0.05) is 31.5 Å². The Morgan fingerprint density at radius 3 is 2.95 bits per heavy atom. The molecule has 2 aromatic rings. The molecule has 102 valence electrons. The number of benzene rings is 1. The first kappa shape index (κ1) is 13.6. The van der Waals surface area contributed by atoms with Gasteiger partial charge in [0.2, 0.25) is 5.95 Å². The van der Waals surface area contributed by atoms with Crippen LogP contribution in [0, 0.1) is 0 Å². The second-order valence-corrected chi connectivity index (χ2v) is 4.51. The molecule has 0 aliphatic heterocycles. The molecule has 0 saturated carbocycles. The predicted molar refractivity (Wildman–Crippen MR) is 77.6 cm³/mol. The summed E-state index contributed by atoms with van der Waals surface area (Å²) >= 11 is 0. The molecule has 0 saturated heterocycles. The fourth-order valence-corrected chi connectivity index (χ4v) is 1.99.